The molecule has 0 aliphatic rings. The van der Waals surface area contributed by atoms with Crippen molar-refractivity contribution < 1.29 is 9.66 Å². The molecule has 1 N–H and O–H groups in total. The van der Waals surface area contributed by atoms with Gasteiger partial charge in [-0.15, -0.1) is 0 Å². The first-order valence-electron chi connectivity index (χ1n) is 12.0. The highest BCUT2D eigenvalue weighted by atomic mass is 16.6. The molecule has 0 bridgehead atoms. The summed E-state index contributed by atoms with van der Waals surface area (Å²) >= 11 is 0. The maximum atomic E-state index is 12.0. The van der Waals surface area contributed by atoms with Crippen molar-refractivity contribution in [1.29, 1.82) is 0 Å². The molecule has 11 heteroatoms. The summed E-state index contributed by atoms with van der Waals surface area (Å²) in [6.07, 6.45) is 3.48. The minimum absolute atomic E-state index is 0.134. The molecule has 0 saturated carbocycles. The second-order valence-electron chi connectivity index (χ2n) is 9.39. The summed E-state index contributed by atoms with van der Waals surface area (Å²) in [6, 6.07) is 11.4. The third-order valence-electron chi connectivity index (χ3n) is 5.81. The highest BCUT2D eigenvalue weighted by molar-refractivity contribution is 5.95. The number of benzene rings is 1. The average molecular weight is 505 g/mol. The van der Waals surface area contributed by atoms with E-state index in [1.807, 2.05) is 74.9 Å². The summed E-state index contributed by atoms with van der Waals surface area (Å²) in [5.41, 5.74) is 2.96. The van der Waals surface area contributed by atoms with Crippen molar-refractivity contribution in [3.05, 3.63) is 58.9 Å². The third kappa shape index (κ3) is 5.78. The van der Waals surface area contributed by atoms with E-state index in [4.69, 9.17) is 9.72 Å². The lowest BCUT2D eigenvalue weighted by molar-refractivity contribution is -0.384. The number of hydrogen-bond donors (Lipinski definition) is 1. The van der Waals surface area contributed by atoms with Crippen molar-refractivity contribution in [2.75, 3.05) is 44.4 Å². The van der Waals surface area contributed by atoms with Crippen LogP contribution in [0.5, 0.6) is 5.88 Å². The maximum absolute atomic E-state index is 12.0. The number of aromatic nitrogens is 4. The van der Waals surface area contributed by atoms with E-state index in [1.54, 1.807) is 18.1 Å². The van der Waals surface area contributed by atoms with E-state index < -0.39 is 4.92 Å². The Kier molecular flexibility index (Phi) is 7.53. The zero-order valence-electron chi connectivity index (χ0n) is 22.0. The zero-order chi connectivity index (χ0) is 26.7. The van der Waals surface area contributed by atoms with Crippen LogP contribution in [-0.4, -0.2) is 69.7 Å². The number of pyridine rings is 1. The first-order valence-corrected chi connectivity index (χ1v) is 12.0. The predicted molar refractivity (Wildman–Crippen MR) is 146 cm³/mol. The van der Waals surface area contributed by atoms with Crippen molar-refractivity contribution >= 4 is 34.0 Å². The van der Waals surface area contributed by atoms with E-state index in [9.17, 15) is 10.1 Å². The Morgan fingerprint density at radius 3 is 2.59 bits per heavy atom. The molecular formula is C26H32N8O3. The Morgan fingerprint density at radius 2 is 1.89 bits per heavy atom. The van der Waals surface area contributed by atoms with Crippen LogP contribution in [0.2, 0.25) is 0 Å². The van der Waals surface area contributed by atoms with E-state index in [0.717, 1.165) is 22.2 Å². The Bertz CT molecular complexity index is 1420. The van der Waals surface area contributed by atoms with Gasteiger partial charge in [-0.1, -0.05) is 18.2 Å². The van der Waals surface area contributed by atoms with E-state index in [1.165, 1.54) is 6.07 Å². The molecule has 4 aromatic rings. The molecule has 4 rings (SSSR count). The molecule has 0 aliphatic carbocycles. The summed E-state index contributed by atoms with van der Waals surface area (Å²) in [4.78, 5) is 28.9. The molecule has 0 unspecified atom stereocenters. The number of ether oxygens (including phenoxy) is 1. The molecule has 0 atom stereocenters. The van der Waals surface area contributed by atoms with E-state index >= 15 is 0 Å². The van der Waals surface area contributed by atoms with Gasteiger partial charge in [-0.2, -0.15) is 4.98 Å². The number of nitrogens with zero attached hydrogens (tertiary/aromatic N) is 7. The first kappa shape index (κ1) is 25.8. The van der Waals surface area contributed by atoms with Crippen LogP contribution < -0.4 is 15.0 Å². The minimum atomic E-state index is -0.438. The SMILES string of the molecule is CC(C)Oc1nc(N(C)CCN(C)C)c([N+](=O)[O-])cc1Nc1nccc(-c2cn(C)c3ccccc23)n1. The van der Waals surface area contributed by atoms with Crippen molar-refractivity contribution in [3.8, 4) is 17.1 Å². The smallest absolute Gasteiger partial charge is 0.313 e. The quantitative estimate of drug-likeness (QED) is 0.247. The van der Waals surface area contributed by atoms with Gasteiger partial charge in [-0.25, -0.2) is 9.97 Å². The molecule has 194 valence electrons. The third-order valence-corrected chi connectivity index (χ3v) is 5.81. The fourth-order valence-corrected chi connectivity index (χ4v) is 3.99. The number of anilines is 3. The number of likely N-dealkylation sites (N-methyl/N-ethyl adjacent to an activating group) is 2. The molecule has 0 radical (unpaired) electrons. The van der Waals surface area contributed by atoms with E-state index in [0.29, 0.717) is 18.8 Å². The first-order chi connectivity index (χ1) is 17.6. The van der Waals surface area contributed by atoms with Crippen molar-refractivity contribution in [2.24, 2.45) is 7.05 Å². The summed E-state index contributed by atoms with van der Waals surface area (Å²) in [5.74, 6) is 0.758. The molecule has 3 heterocycles. The Morgan fingerprint density at radius 1 is 1.14 bits per heavy atom. The van der Waals surface area contributed by atoms with Gasteiger partial charge in [0.05, 0.1) is 16.7 Å². The van der Waals surface area contributed by atoms with Gasteiger partial charge in [0, 0.05) is 62.1 Å². The molecular weight excluding hydrogens is 472 g/mol. The van der Waals surface area contributed by atoms with Crippen molar-refractivity contribution in [3.63, 3.8) is 0 Å². The molecule has 0 aliphatic heterocycles. The summed E-state index contributed by atoms with van der Waals surface area (Å²) in [5, 5.41) is 16.2. The Balaban J connectivity index is 1.73. The van der Waals surface area contributed by atoms with Crippen molar-refractivity contribution in [2.45, 2.75) is 20.0 Å². The maximum Gasteiger partial charge on any atom is 0.313 e. The number of hydrogen-bond acceptors (Lipinski definition) is 9. The fourth-order valence-electron chi connectivity index (χ4n) is 3.99. The van der Waals surface area contributed by atoms with Crippen LogP contribution in [0, 0.1) is 10.1 Å². The normalized spacial score (nSPS) is 11.4. The van der Waals surface area contributed by atoms with Crippen LogP contribution in [-0.2, 0) is 7.05 Å². The molecule has 11 nitrogen and oxygen atoms in total. The van der Waals surface area contributed by atoms with Gasteiger partial charge in [-0.05, 0) is 40.1 Å². The number of rotatable bonds is 10. The van der Waals surface area contributed by atoms with Crippen LogP contribution >= 0.6 is 0 Å². The highest BCUT2D eigenvalue weighted by Gasteiger charge is 2.25. The second kappa shape index (κ2) is 10.8. The van der Waals surface area contributed by atoms with E-state index in [-0.39, 0.29) is 29.4 Å². The number of nitrogens with one attached hydrogen (secondary N) is 1. The number of fused-ring (bicyclic) bond motifs is 1. The molecule has 3 aromatic heterocycles. The van der Waals surface area contributed by atoms with Gasteiger partial charge in [-0.3, -0.25) is 10.1 Å². The summed E-state index contributed by atoms with van der Waals surface area (Å²) in [6.45, 7) is 5.02. The summed E-state index contributed by atoms with van der Waals surface area (Å²) in [7, 11) is 7.66. The van der Waals surface area contributed by atoms with Crippen LogP contribution in [0.25, 0.3) is 22.2 Å². The Labute approximate surface area is 215 Å². The Hall–Kier alpha value is -4.25. The standard InChI is InChI=1S/C26H32N8O3/c1-17(2)37-25-21(15-23(34(35)36)24(30-25)32(5)14-13-31(3)4)29-26-27-12-11-20(28-26)19-16-33(6)22-10-8-7-9-18(19)22/h7-12,15-17H,13-14H2,1-6H3,(H,27,28,29). The lowest BCUT2D eigenvalue weighted by Gasteiger charge is -2.22. The van der Waals surface area contributed by atoms with Gasteiger partial charge < -0.3 is 24.4 Å². The van der Waals surface area contributed by atoms with Crippen LogP contribution in [0.3, 0.4) is 0 Å². The van der Waals surface area contributed by atoms with Gasteiger partial charge >= 0.3 is 5.69 Å². The van der Waals surface area contributed by atoms with Crippen LogP contribution in [0.4, 0.5) is 23.1 Å². The number of nitro groups is 1. The lowest BCUT2D eigenvalue weighted by Crippen LogP contribution is -2.29. The van der Waals surface area contributed by atoms with Gasteiger partial charge in [0.2, 0.25) is 17.6 Å². The topological polar surface area (TPSA) is 114 Å². The highest BCUT2D eigenvalue weighted by Crippen LogP contribution is 2.36. The second-order valence-corrected chi connectivity index (χ2v) is 9.39. The molecule has 0 amide bonds. The number of aryl methyl sites for hydroxylation is 1. The fraction of sp³-hybridized carbons (Fsp3) is 0.346. The molecule has 37 heavy (non-hydrogen) atoms. The zero-order valence-corrected chi connectivity index (χ0v) is 22.0. The van der Waals surface area contributed by atoms with Crippen LogP contribution in [0.1, 0.15) is 13.8 Å². The van der Waals surface area contributed by atoms with Gasteiger partial charge in [0.1, 0.15) is 5.69 Å². The molecule has 0 spiro atoms. The minimum Gasteiger partial charge on any atom is -0.473 e. The van der Waals surface area contributed by atoms with E-state index in [2.05, 4.69) is 21.4 Å². The van der Waals surface area contributed by atoms with Gasteiger partial charge in [0.25, 0.3) is 0 Å². The summed E-state index contributed by atoms with van der Waals surface area (Å²) < 4.78 is 8.00. The van der Waals surface area contributed by atoms with Gasteiger partial charge in [0.15, 0.2) is 0 Å². The molecule has 1 aromatic carbocycles. The largest absolute Gasteiger partial charge is 0.473 e. The molecule has 0 saturated heterocycles. The van der Waals surface area contributed by atoms with Crippen LogP contribution in [0.15, 0.2) is 48.8 Å². The molecule has 0 fully saturated rings. The average Bonchev–Trinajstić information content (AvgIpc) is 3.19. The lowest BCUT2D eigenvalue weighted by atomic mass is 10.1. The van der Waals surface area contributed by atoms with Crippen molar-refractivity contribution in [1.82, 2.24) is 24.4 Å². The number of para-hydroxylation sites is 1. The predicted octanol–water partition coefficient (Wildman–Crippen LogP) is 4.47. The monoisotopic (exact) mass is 504 g/mol.